The summed E-state index contributed by atoms with van der Waals surface area (Å²) in [5.41, 5.74) is 2.72. The lowest BCUT2D eigenvalue weighted by Crippen LogP contribution is -2.51. The van der Waals surface area contributed by atoms with E-state index < -0.39 is 12.8 Å². The van der Waals surface area contributed by atoms with Crippen molar-refractivity contribution >= 4 is 17.6 Å². The van der Waals surface area contributed by atoms with Crippen molar-refractivity contribution in [2.75, 3.05) is 33.4 Å². The Hall–Kier alpha value is -1.76. The van der Waals surface area contributed by atoms with Gasteiger partial charge in [-0.2, -0.15) is 0 Å². The normalized spacial score (nSPS) is 37.4. The van der Waals surface area contributed by atoms with Crippen LogP contribution >= 0.6 is 0 Å². The maximum atomic E-state index is 12.3. The number of nitrogens with zero attached hydrogens (tertiary/aromatic N) is 2. The maximum Gasteiger partial charge on any atom is 0.435 e. The number of nitrogens with one attached hydrogen (secondary N) is 1. The van der Waals surface area contributed by atoms with Crippen molar-refractivity contribution in [1.29, 1.82) is 0 Å². The number of halogens is 1. The zero-order valence-electron chi connectivity index (χ0n) is 21.4. The van der Waals surface area contributed by atoms with Crippen molar-refractivity contribution in [2.24, 2.45) is 39.7 Å². The van der Waals surface area contributed by atoms with Crippen LogP contribution in [0, 0.1) is 34.5 Å². The molecule has 4 aliphatic rings. The SMILES string of the molecule is C/C(=N\OC(=O)N(C)CCNCCF)[C@H]1CC[C@H]2[C@@H]3CCC4=CC(=O)CC[C@]4(C)[C@H]3CC[C@]12C. The van der Waals surface area contributed by atoms with Crippen molar-refractivity contribution in [3.8, 4) is 0 Å². The topological polar surface area (TPSA) is 71.0 Å². The van der Waals surface area contributed by atoms with E-state index in [4.69, 9.17) is 4.84 Å². The van der Waals surface area contributed by atoms with Crippen molar-refractivity contribution in [3.05, 3.63) is 11.6 Å². The minimum Gasteiger partial charge on any atom is -0.312 e. The number of alkyl halides is 1. The summed E-state index contributed by atoms with van der Waals surface area (Å²) in [6, 6.07) is 0. The molecule has 0 aromatic carbocycles. The minimum absolute atomic E-state index is 0.186. The monoisotopic (exact) mass is 475 g/mol. The maximum absolute atomic E-state index is 12.3. The molecule has 0 aromatic heterocycles. The van der Waals surface area contributed by atoms with E-state index >= 15 is 0 Å². The molecule has 6 atom stereocenters. The second-order valence-corrected chi connectivity index (χ2v) is 11.6. The molecule has 6 nitrogen and oxygen atoms in total. The molecule has 4 rings (SSSR count). The third-order valence-corrected chi connectivity index (χ3v) is 9.94. The van der Waals surface area contributed by atoms with E-state index in [-0.39, 0.29) is 17.4 Å². The molecule has 190 valence electrons. The number of amides is 1. The van der Waals surface area contributed by atoms with E-state index in [0.717, 1.165) is 25.0 Å². The van der Waals surface area contributed by atoms with Gasteiger partial charge in [-0.05, 0) is 86.5 Å². The molecular weight excluding hydrogens is 433 g/mol. The molecule has 3 saturated carbocycles. The molecular formula is C27H42FN3O3. The first-order valence-electron chi connectivity index (χ1n) is 13.2. The summed E-state index contributed by atoms with van der Waals surface area (Å²) in [4.78, 5) is 31.2. The number of allylic oxidation sites excluding steroid dienone is 1. The van der Waals surface area contributed by atoms with E-state index in [2.05, 4.69) is 24.3 Å². The molecule has 0 unspecified atom stereocenters. The Balaban J connectivity index is 1.40. The molecule has 3 fully saturated rings. The summed E-state index contributed by atoms with van der Waals surface area (Å²) in [6.45, 7) is 7.71. The molecule has 34 heavy (non-hydrogen) atoms. The highest BCUT2D eigenvalue weighted by Gasteiger charge is 2.59. The smallest absolute Gasteiger partial charge is 0.312 e. The zero-order valence-corrected chi connectivity index (χ0v) is 21.4. The number of rotatable bonds is 7. The van der Waals surface area contributed by atoms with Gasteiger partial charge in [0.1, 0.15) is 6.67 Å². The van der Waals surface area contributed by atoms with Crippen LogP contribution in [0.25, 0.3) is 0 Å². The lowest BCUT2D eigenvalue weighted by molar-refractivity contribution is -0.117. The Bertz CT molecular complexity index is 858. The van der Waals surface area contributed by atoms with Crippen molar-refractivity contribution in [3.63, 3.8) is 0 Å². The molecule has 0 aliphatic heterocycles. The number of hydrogen-bond donors (Lipinski definition) is 1. The Morgan fingerprint density at radius 2 is 1.97 bits per heavy atom. The number of fused-ring (bicyclic) bond motifs is 5. The van der Waals surface area contributed by atoms with Gasteiger partial charge in [-0.25, -0.2) is 9.18 Å². The Kier molecular flexibility index (Phi) is 7.51. The van der Waals surface area contributed by atoms with Crippen molar-refractivity contribution < 1.29 is 18.8 Å². The fraction of sp³-hybridized carbons (Fsp3) is 0.815. The lowest BCUT2D eigenvalue weighted by Gasteiger charge is -2.58. The van der Waals surface area contributed by atoms with Gasteiger partial charge >= 0.3 is 6.09 Å². The molecule has 0 bridgehead atoms. The highest BCUT2D eigenvalue weighted by atomic mass is 19.1. The van der Waals surface area contributed by atoms with Crippen LogP contribution in [0.15, 0.2) is 16.8 Å². The summed E-state index contributed by atoms with van der Waals surface area (Å²) in [5, 5.41) is 7.23. The first-order chi connectivity index (χ1) is 16.2. The highest BCUT2D eigenvalue weighted by molar-refractivity contribution is 5.91. The third-order valence-electron chi connectivity index (χ3n) is 9.94. The summed E-state index contributed by atoms with van der Waals surface area (Å²) < 4.78 is 12.2. The van der Waals surface area contributed by atoms with Crippen molar-refractivity contribution in [2.45, 2.75) is 72.1 Å². The van der Waals surface area contributed by atoms with Crippen molar-refractivity contribution in [1.82, 2.24) is 10.2 Å². The average molecular weight is 476 g/mol. The number of hydrogen-bond acceptors (Lipinski definition) is 5. The fourth-order valence-corrected chi connectivity index (χ4v) is 8.02. The van der Waals surface area contributed by atoms with Crippen LogP contribution in [0.5, 0.6) is 0 Å². The average Bonchev–Trinajstić information content (AvgIpc) is 3.17. The van der Waals surface area contributed by atoms with Gasteiger partial charge in [-0.15, -0.1) is 0 Å². The van der Waals surface area contributed by atoms with E-state index in [9.17, 15) is 14.0 Å². The van der Waals surface area contributed by atoms with Gasteiger partial charge < -0.3 is 10.2 Å². The van der Waals surface area contributed by atoms with Crippen LogP contribution < -0.4 is 5.32 Å². The fourth-order valence-electron chi connectivity index (χ4n) is 8.02. The first kappa shape index (κ1) is 25.3. The number of likely N-dealkylation sites (N-methyl/N-ethyl adjacent to an activating group) is 1. The molecule has 0 aromatic rings. The van der Waals surface area contributed by atoms with Gasteiger partial charge in [0, 0.05) is 39.0 Å². The summed E-state index contributed by atoms with van der Waals surface area (Å²) in [7, 11) is 1.67. The van der Waals surface area contributed by atoms with E-state index in [1.54, 1.807) is 7.05 Å². The minimum atomic E-state index is -0.476. The van der Waals surface area contributed by atoms with Gasteiger partial charge in [0.25, 0.3) is 0 Å². The highest BCUT2D eigenvalue weighted by Crippen LogP contribution is 2.66. The van der Waals surface area contributed by atoms with E-state index in [1.165, 1.54) is 36.2 Å². The predicted molar refractivity (Wildman–Crippen MR) is 131 cm³/mol. The van der Waals surface area contributed by atoms with Crippen LogP contribution in [-0.4, -0.2) is 55.8 Å². The second kappa shape index (κ2) is 10.1. The number of carbonyl (C=O) groups excluding carboxylic acids is 2. The molecule has 0 radical (unpaired) electrons. The second-order valence-electron chi connectivity index (χ2n) is 11.6. The number of oxime groups is 1. The Morgan fingerprint density at radius 3 is 2.74 bits per heavy atom. The Morgan fingerprint density at radius 1 is 1.18 bits per heavy atom. The van der Waals surface area contributed by atoms with Crippen LogP contribution in [0.3, 0.4) is 0 Å². The molecule has 1 amide bonds. The molecule has 0 spiro atoms. The molecule has 1 N–H and O–H groups in total. The third kappa shape index (κ3) is 4.57. The quantitative estimate of drug-likeness (QED) is 0.240. The Labute approximate surface area is 203 Å². The van der Waals surface area contributed by atoms with Crippen LogP contribution in [0.4, 0.5) is 9.18 Å². The largest absolute Gasteiger partial charge is 0.435 e. The van der Waals surface area contributed by atoms with E-state index in [1.807, 2.05) is 13.0 Å². The van der Waals surface area contributed by atoms with Crippen LogP contribution in [0.2, 0.25) is 0 Å². The van der Waals surface area contributed by atoms with Gasteiger partial charge in [0.05, 0.1) is 5.71 Å². The molecule has 7 heteroatoms. The predicted octanol–water partition coefficient (Wildman–Crippen LogP) is 5.14. The number of carbonyl (C=O) groups is 2. The summed E-state index contributed by atoms with van der Waals surface area (Å²) in [6.07, 6.45) is 10.1. The summed E-state index contributed by atoms with van der Waals surface area (Å²) in [5.74, 6) is 2.69. The van der Waals surface area contributed by atoms with Gasteiger partial charge in [0.2, 0.25) is 0 Å². The van der Waals surface area contributed by atoms with Gasteiger partial charge in [-0.1, -0.05) is 24.6 Å². The first-order valence-corrected chi connectivity index (χ1v) is 13.2. The lowest BCUT2D eigenvalue weighted by atomic mass is 9.46. The summed E-state index contributed by atoms with van der Waals surface area (Å²) >= 11 is 0. The van der Waals surface area contributed by atoms with Gasteiger partial charge in [-0.3, -0.25) is 9.63 Å². The molecule has 0 heterocycles. The molecule has 4 aliphatic carbocycles. The standard InChI is InChI=1S/C27H42FN3O3/c1-18(30-34-25(33)31(4)16-15-29-14-13-28)22-7-8-23-21-6-5-19-17-20(32)9-11-26(19,2)24(21)10-12-27(22,23)3/h17,21-24,29H,5-16H2,1-4H3/b30-18+/t21-,22+,23-,24-,26-,27+/m0/s1. The van der Waals surface area contributed by atoms with Crippen LogP contribution in [0.1, 0.15) is 72.1 Å². The van der Waals surface area contributed by atoms with Gasteiger partial charge in [0.15, 0.2) is 5.78 Å². The van der Waals surface area contributed by atoms with E-state index in [0.29, 0.717) is 49.0 Å². The van der Waals surface area contributed by atoms with Crippen LogP contribution in [-0.2, 0) is 9.63 Å². The number of ketones is 1. The molecule has 0 saturated heterocycles. The zero-order chi connectivity index (χ0) is 24.5.